The molecule has 0 bridgehead atoms. The number of nitrogens with zero attached hydrogens (tertiary/aromatic N) is 5. The Labute approximate surface area is 187 Å². The Kier molecular flexibility index (Phi) is 8.28. The van der Waals surface area contributed by atoms with Gasteiger partial charge in [0, 0.05) is 12.6 Å². The molecule has 0 fully saturated rings. The number of azo groups is 1. The fourth-order valence-corrected chi connectivity index (χ4v) is 3.25. The van der Waals surface area contributed by atoms with E-state index in [0.717, 1.165) is 49.3 Å². The summed E-state index contributed by atoms with van der Waals surface area (Å²) in [5, 5.41) is 33.7. The van der Waals surface area contributed by atoms with Crippen LogP contribution in [0, 0.1) is 27.2 Å². The van der Waals surface area contributed by atoms with Crippen LogP contribution in [-0.2, 0) is 6.42 Å². The van der Waals surface area contributed by atoms with Crippen LogP contribution in [-0.4, -0.2) is 48.2 Å². The van der Waals surface area contributed by atoms with Crippen molar-refractivity contribution in [1.82, 2.24) is 5.32 Å². The van der Waals surface area contributed by atoms with E-state index in [2.05, 4.69) is 31.5 Å². The number of aryl methyl sites for hydroxylation is 1. The van der Waals surface area contributed by atoms with Crippen molar-refractivity contribution < 1.29 is 14.4 Å². The van der Waals surface area contributed by atoms with Gasteiger partial charge in [0.05, 0.1) is 40.2 Å². The van der Waals surface area contributed by atoms with E-state index in [-0.39, 0.29) is 10.2 Å². The summed E-state index contributed by atoms with van der Waals surface area (Å²) in [5.74, 6) is 5.90. The summed E-state index contributed by atoms with van der Waals surface area (Å²) < 4.78 is 0.534. The number of likely N-dealkylation sites (N-methyl/N-ethyl adjacent to an activating group) is 1. The highest BCUT2D eigenvalue weighted by atomic mass is 79.9. The highest BCUT2D eigenvalue weighted by molar-refractivity contribution is 9.10. The van der Waals surface area contributed by atoms with E-state index in [9.17, 15) is 20.2 Å². The van der Waals surface area contributed by atoms with Crippen molar-refractivity contribution in [2.45, 2.75) is 13.3 Å². The van der Waals surface area contributed by atoms with Crippen molar-refractivity contribution in [2.24, 2.45) is 16.1 Å². The zero-order valence-electron chi connectivity index (χ0n) is 17.5. The molecule has 0 aliphatic rings. The molecule has 2 aromatic rings. The van der Waals surface area contributed by atoms with E-state index in [1.54, 1.807) is 6.07 Å². The first-order chi connectivity index (χ1) is 14.5. The van der Waals surface area contributed by atoms with E-state index in [0.29, 0.717) is 10.3 Å². The highest BCUT2D eigenvalue weighted by Crippen LogP contribution is 2.40. The molecule has 0 aliphatic carbocycles. The second-order valence-corrected chi connectivity index (χ2v) is 8.49. The molecule has 0 atom stereocenters. The molecular weight excluding hydrogens is 470 g/mol. The number of nitro benzene ring substituents is 2. The molecule has 0 aliphatic heterocycles. The van der Waals surface area contributed by atoms with Gasteiger partial charge in [-0.05, 0) is 53.0 Å². The zero-order chi connectivity index (χ0) is 23.2. The van der Waals surface area contributed by atoms with Crippen molar-refractivity contribution in [3.8, 4) is 0 Å². The van der Waals surface area contributed by atoms with Gasteiger partial charge < -0.3 is 5.32 Å². The van der Waals surface area contributed by atoms with Crippen molar-refractivity contribution in [3.05, 3.63) is 66.2 Å². The molecule has 31 heavy (non-hydrogen) atoms. The molecule has 0 amide bonds. The summed E-state index contributed by atoms with van der Waals surface area (Å²) in [6.07, 6.45) is 0.829. The number of rotatable bonds is 10. The number of non-ortho nitro benzene ring substituents is 1. The predicted molar refractivity (Wildman–Crippen MR) is 121 cm³/mol. The van der Waals surface area contributed by atoms with Gasteiger partial charge >= 0.3 is 5.69 Å². The van der Waals surface area contributed by atoms with Crippen LogP contribution in [0.1, 0.15) is 11.1 Å². The summed E-state index contributed by atoms with van der Waals surface area (Å²) in [5.41, 5.74) is 1.56. The molecule has 2 rings (SSSR count). The van der Waals surface area contributed by atoms with E-state index in [4.69, 9.17) is 5.84 Å². The lowest BCUT2D eigenvalue weighted by atomic mass is 10.1. The summed E-state index contributed by atoms with van der Waals surface area (Å²) in [6, 6.07) is 7.73. The van der Waals surface area contributed by atoms with E-state index in [1.807, 2.05) is 33.2 Å². The van der Waals surface area contributed by atoms with Gasteiger partial charge in [-0.1, -0.05) is 12.1 Å². The number of nitrogens with two attached hydrogens (primary N) is 1. The first-order valence-electron chi connectivity index (χ1n) is 9.44. The van der Waals surface area contributed by atoms with E-state index >= 15 is 0 Å². The largest absolute Gasteiger partial charge is 0.311 e. The Hall–Kier alpha value is -2.80. The molecule has 3 N–H and O–H groups in total. The summed E-state index contributed by atoms with van der Waals surface area (Å²) >= 11 is 3.11. The van der Waals surface area contributed by atoms with E-state index < -0.39 is 21.2 Å². The maximum atomic E-state index is 11.3. The molecular formula is C19H25BrN7O4+. The van der Waals surface area contributed by atoms with E-state index in [1.165, 1.54) is 0 Å². The smallest absolute Gasteiger partial charge is 0.304 e. The van der Waals surface area contributed by atoms with Crippen LogP contribution in [0.3, 0.4) is 0 Å². The minimum atomic E-state index is -0.722. The Balaban J connectivity index is 2.12. The van der Waals surface area contributed by atoms with Crippen LogP contribution in [0.25, 0.3) is 0 Å². The van der Waals surface area contributed by atoms with Gasteiger partial charge in [-0.15, -0.1) is 5.11 Å². The predicted octanol–water partition coefficient (Wildman–Crippen LogP) is 4.07. The van der Waals surface area contributed by atoms with Crippen molar-refractivity contribution >= 4 is 38.7 Å². The van der Waals surface area contributed by atoms with Gasteiger partial charge in [-0.2, -0.15) is 11.0 Å². The molecule has 166 valence electrons. The topological polar surface area (TPSA) is 149 Å². The number of hydrogen-bond donors (Lipinski definition) is 2. The quantitative estimate of drug-likeness (QED) is 0.127. The van der Waals surface area contributed by atoms with Gasteiger partial charge in [-0.3, -0.25) is 24.8 Å². The molecule has 0 radical (unpaired) electrons. The van der Waals surface area contributed by atoms with Crippen LogP contribution < -0.4 is 11.2 Å². The summed E-state index contributed by atoms with van der Waals surface area (Å²) in [7, 11) is 3.87. The molecule has 0 unspecified atom stereocenters. The Morgan fingerprint density at radius 3 is 2.39 bits per heavy atom. The molecule has 0 saturated heterocycles. The van der Waals surface area contributed by atoms with Crippen LogP contribution >= 0.6 is 15.9 Å². The third-order valence-electron chi connectivity index (χ3n) is 4.41. The maximum absolute atomic E-state index is 11.3. The van der Waals surface area contributed by atoms with Crippen molar-refractivity contribution in [1.29, 1.82) is 0 Å². The van der Waals surface area contributed by atoms with Crippen LogP contribution in [0.15, 0.2) is 45.0 Å². The second-order valence-electron chi connectivity index (χ2n) is 7.63. The summed E-state index contributed by atoms with van der Waals surface area (Å²) in [6.45, 7) is 4.32. The molecule has 11 nitrogen and oxygen atoms in total. The number of quaternary nitrogens is 1. The first-order valence-corrected chi connectivity index (χ1v) is 10.2. The Morgan fingerprint density at radius 1 is 1.10 bits per heavy atom. The van der Waals surface area contributed by atoms with Crippen LogP contribution in [0.5, 0.6) is 0 Å². The SMILES string of the molecule is Cc1cc(CCNCC[N+](C)(C)N)ccc1N=Nc1c(Br)cc([N+](=O)[O-])cc1[N+](=O)[O-]. The average molecular weight is 495 g/mol. The fourth-order valence-electron chi connectivity index (χ4n) is 2.73. The van der Waals surface area contributed by atoms with Crippen molar-refractivity contribution in [3.63, 3.8) is 0 Å². The first kappa shape index (κ1) is 24.5. The van der Waals surface area contributed by atoms with Gasteiger partial charge in [0.2, 0.25) is 0 Å². The minimum Gasteiger partial charge on any atom is -0.311 e. The van der Waals surface area contributed by atoms with Gasteiger partial charge in [0.15, 0.2) is 5.69 Å². The fraction of sp³-hybridized carbons (Fsp3) is 0.368. The van der Waals surface area contributed by atoms with Gasteiger partial charge in [0.1, 0.15) is 6.54 Å². The van der Waals surface area contributed by atoms with Crippen molar-refractivity contribution in [2.75, 3.05) is 33.7 Å². The monoisotopic (exact) mass is 494 g/mol. The third-order valence-corrected chi connectivity index (χ3v) is 5.01. The maximum Gasteiger partial charge on any atom is 0.304 e. The highest BCUT2D eigenvalue weighted by Gasteiger charge is 2.23. The molecule has 0 aromatic heterocycles. The lowest BCUT2D eigenvalue weighted by Gasteiger charge is -2.22. The zero-order valence-corrected chi connectivity index (χ0v) is 19.1. The van der Waals surface area contributed by atoms with Crippen LogP contribution in [0.2, 0.25) is 0 Å². The Morgan fingerprint density at radius 2 is 1.81 bits per heavy atom. The molecule has 0 saturated carbocycles. The number of nitro groups is 2. The molecule has 12 heteroatoms. The van der Waals surface area contributed by atoms with Gasteiger partial charge in [-0.25, -0.2) is 0 Å². The standard InChI is InChI=1S/C19H25BrN7O4/c1-13-10-14(6-7-22-8-9-27(2,3)21)4-5-17(13)23-24-19-16(20)11-15(25(28)29)12-18(19)26(30)31/h4-5,10-12,22H,6-9,21H2,1-3H3/q+1. The lowest BCUT2D eigenvalue weighted by Crippen LogP contribution is -2.50. The second kappa shape index (κ2) is 10.5. The Bertz CT molecular complexity index is 1010. The van der Waals surface area contributed by atoms with Crippen LogP contribution in [0.4, 0.5) is 22.7 Å². The molecule has 2 aromatic carbocycles. The third kappa shape index (κ3) is 7.43. The number of nitrogens with one attached hydrogen (secondary N) is 1. The molecule has 0 heterocycles. The van der Waals surface area contributed by atoms with Gasteiger partial charge in [0.25, 0.3) is 5.69 Å². The number of benzene rings is 2. The molecule has 0 spiro atoms. The normalized spacial score (nSPS) is 11.8. The summed E-state index contributed by atoms with van der Waals surface area (Å²) in [4.78, 5) is 20.8. The lowest BCUT2D eigenvalue weighted by molar-refractivity contribution is -0.901. The average Bonchev–Trinajstić information content (AvgIpc) is 2.66. The number of hydrogen-bond acceptors (Lipinski definition) is 8. The number of halogens is 1. The minimum absolute atomic E-state index is 0.0792.